The first-order valence-corrected chi connectivity index (χ1v) is 12.5. The van der Waals surface area contributed by atoms with E-state index in [4.69, 9.17) is 4.74 Å². The van der Waals surface area contributed by atoms with Crippen molar-refractivity contribution in [2.75, 3.05) is 13.7 Å². The van der Waals surface area contributed by atoms with E-state index in [-0.39, 0.29) is 36.8 Å². The van der Waals surface area contributed by atoms with Gasteiger partial charge in [-0.1, -0.05) is 68.3 Å². The van der Waals surface area contributed by atoms with Crippen molar-refractivity contribution in [3.63, 3.8) is 0 Å². The van der Waals surface area contributed by atoms with Crippen LogP contribution in [0.2, 0.25) is 0 Å². The van der Waals surface area contributed by atoms with E-state index in [2.05, 4.69) is 29.6 Å². The first kappa shape index (κ1) is 24.8. The molecule has 35 heavy (non-hydrogen) atoms. The summed E-state index contributed by atoms with van der Waals surface area (Å²) < 4.78 is 5.71. The summed E-state index contributed by atoms with van der Waals surface area (Å²) >= 11 is 0. The number of rotatable bonds is 9. The van der Waals surface area contributed by atoms with Crippen LogP contribution in [0.5, 0.6) is 0 Å². The fourth-order valence-electron chi connectivity index (χ4n) is 5.61. The van der Waals surface area contributed by atoms with Crippen molar-refractivity contribution in [1.82, 2.24) is 10.2 Å². The van der Waals surface area contributed by atoms with Crippen LogP contribution in [-0.4, -0.2) is 53.7 Å². The van der Waals surface area contributed by atoms with Gasteiger partial charge in [-0.15, -0.1) is 0 Å². The number of hydrogen-bond donors (Lipinski definition) is 2. The largest absolute Gasteiger partial charge is 0.480 e. The molecule has 0 spiro atoms. The van der Waals surface area contributed by atoms with Gasteiger partial charge in [0.15, 0.2) is 0 Å². The maximum Gasteiger partial charge on any atom is 0.407 e. The van der Waals surface area contributed by atoms with Crippen molar-refractivity contribution >= 4 is 18.0 Å². The molecule has 0 saturated heterocycles. The highest BCUT2D eigenvalue weighted by Gasteiger charge is 2.33. The average Bonchev–Trinajstić information content (AvgIpc) is 3.49. The third-order valence-electron chi connectivity index (χ3n) is 7.54. The molecule has 2 N–H and O–H groups in total. The van der Waals surface area contributed by atoms with Crippen LogP contribution in [0.15, 0.2) is 48.5 Å². The van der Waals surface area contributed by atoms with Crippen LogP contribution in [-0.2, 0) is 14.3 Å². The van der Waals surface area contributed by atoms with Crippen LogP contribution >= 0.6 is 0 Å². The Bertz CT molecular complexity index is 1030. The number of fused-ring (bicyclic) bond motifs is 3. The summed E-state index contributed by atoms with van der Waals surface area (Å²) in [6.07, 6.45) is 3.84. The lowest BCUT2D eigenvalue weighted by Gasteiger charge is -2.29. The zero-order valence-electron chi connectivity index (χ0n) is 20.4. The number of benzene rings is 2. The fraction of sp³-hybridized carbons (Fsp3) is 0.464. The van der Waals surface area contributed by atoms with Gasteiger partial charge in [-0.25, -0.2) is 9.59 Å². The molecule has 186 valence electrons. The molecular weight excluding hydrogens is 444 g/mol. The summed E-state index contributed by atoms with van der Waals surface area (Å²) in [4.78, 5) is 38.6. The van der Waals surface area contributed by atoms with Gasteiger partial charge in [0.25, 0.3) is 0 Å². The lowest BCUT2D eigenvalue weighted by molar-refractivity contribution is -0.149. The van der Waals surface area contributed by atoms with Gasteiger partial charge in [0.05, 0.1) is 0 Å². The van der Waals surface area contributed by atoms with Crippen LogP contribution in [0, 0.1) is 5.92 Å². The Kier molecular flexibility index (Phi) is 7.73. The molecule has 0 radical (unpaired) electrons. The first-order valence-electron chi connectivity index (χ1n) is 12.5. The van der Waals surface area contributed by atoms with Gasteiger partial charge in [0, 0.05) is 25.4 Å². The lowest BCUT2D eigenvalue weighted by atomic mass is 9.94. The molecular formula is C28H34N2O5. The zero-order chi connectivity index (χ0) is 24.9. The summed E-state index contributed by atoms with van der Waals surface area (Å²) in [5.74, 6) is -1.16. The molecule has 2 atom stereocenters. The normalized spacial score (nSPS) is 16.7. The number of carbonyl (C=O) groups excluding carboxylic acids is 2. The van der Waals surface area contributed by atoms with E-state index in [1.165, 1.54) is 23.1 Å². The number of carbonyl (C=O) groups is 3. The Morgan fingerprint density at radius 3 is 2.14 bits per heavy atom. The summed E-state index contributed by atoms with van der Waals surface area (Å²) in [6.45, 7) is 1.95. The van der Waals surface area contributed by atoms with Gasteiger partial charge in [0.2, 0.25) is 5.91 Å². The lowest BCUT2D eigenvalue weighted by Crippen LogP contribution is -2.47. The molecule has 2 aliphatic carbocycles. The smallest absolute Gasteiger partial charge is 0.407 e. The van der Waals surface area contributed by atoms with E-state index in [9.17, 15) is 19.5 Å². The Labute approximate surface area is 206 Å². The van der Waals surface area contributed by atoms with Crippen LogP contribution < -0.4 is 5.32 Å². The summed E-state index contributed by atoms with van der Waals surface area (Å²) in [6, 6.07) is 15.1. The van der Waals surface area contributed by atoms with Crippen molar-refractivity contribution in [3.05, 3.63) is 59.7 Å². The van der Waals surface area contributed by atoms with Crippen molar-refractivity contribution in [3.8, 4) is 11.1 Å². The molecule has 0 bridgehead atoms. The van der Waals surface area contributed by atoms with E-state index in [1.807, 2.05) is 24.3 Å². The van der Waals surface area contributed by atoms with Crippen molar-refractivity contribution in [2.45, 2.75) is 63.5 Å². The molecule has 2 aromatic rings. The number of amides is 2. The van der Waals surface area contributed by atoms with Crippen molar-refractivity contribution in [2.24, 2.45) is 5.92 Å². The molecule has 0 heterocycles. The third kappa shape index (κ3) is 5.34. The molecule has 2 aliphatic rings. The second-order valence-electron chi connectivity index (χ2n) is 9.59. The van der Waals surface area contributed by atoms with Gasteiger partial charge in [-0.05, 0) is 47.4 Å². The number of nitrogens with one attached hydrogen (secondary N) is 1. The van der Waals surface area contributed by atoms with Gasteiger partial charge >= 0.3 is 12.1 Å². The van der Waals surface area contributed by atoms with Gasteiger partial charge in [-0.3, -0.25) is 4.79 Å². The minimum Gasteiger partial charge on any atom is -0.480 e. The topological polar surface area (TPSA) is 95.9 Å². The second kappa shape index (κ2) is 10.9. The Morgan fingerprint density at radius 1 is 1.03 bits per heavy atom. The first-order chi connectivity index (χ1) is 16.9. The van der Waals surface area contributed by atoms with Crippen LogP contribution in [0.25, 0.3) is 11.1 Å². The number of alkyl carbamates (subject to hydrolysis) is 1. The Hall–Kier alpha value is -3.35. The van der Waals surface area contributed by atoms with E-state index in [0.29, 0.717) is 6.42 Å². The van der Waals surface area contributed by atoms with E-state index in [1.54, 1.807) is 6.92 Å². The molecule has 7 nitrogen and oxygen atoms in total. The quantitative estimate of drug-likeness (QED) is 0.540. The number of likely N-dealkylation sites (N-methyl/N-ethyl adjacent to an activating group) is 1. The molecule has 2 amide bonds. The summed E-state index contributed by atoms with van der Waals surface area (Å²) in [7, 11) is 1.52. The van der Waals surface area contributed by atoms with Crippen LogP contribution in [0.1, 0.15) is 62.5 Å². The van der Waals surface area contributed by atoms with Crippen molar-refractivity contribution in [1.29, 1.82) is 0 Å². The highest BCUT2D eigenvalue weighted by molar-refractivity contribution is 5.84. The standard InChI is InChI=1S/C28H34N2O5/c1-3-25(27(32)33)30(2)26(31)16-24(18-10-4-5-11-18)29-28(34)35-17-23-21-14-8-6-12-19(21)20-13-7-9-15-22(20)23/h6-9,12-15,18,23-25H,3-5,10-11,16-17H2,1-2H3,(H,29,34)(H,32,33). The number of carboxylic acids is 1. The number of nitrogens with zero attached hydrogens (tertiary/aromatic N) is 1. The minimum atomic E-state index is -1.02. The van der Waals surface area contributed by atoms with Crippen LogP contribution in [0.4, 0.5) is 4.79 Å². The number of ether oxygens (including phenoxy) is 1. The van der Waals surface area contributed by atoms with E-state index in [0.717, 1.165) is 36.8 Å². The monoisotopic (exact) mass is 478 g/mol. The minimum absolute atomic E-state index is 0.0354. The molecule has 7 heteroatoms. The van der Waals surface area contributed by atoms with Gasteiger partial charge < -0.3 is 20.1 Å². The van der Waals surface area contributed by atoms with Crippen molar-refractivity contribution < 1.29 is 24.2 Å². The maximum absolute atomic E-state index is 12.9. The molecule has 1 saturated carbocycles. The highest BCUT2D eigenvalue weighted by atomic mass is 16.5. The van der Waals surface area contributed by atoms with Gasteiger partial charge in [-0.2, -0.15) is 0 Å². The van der Waals surface area contributed by atoms with E-state index < -0.39 is 18.1 Å². The maximum atomic E-state index is 12.9. The number of carboxylic acid groups (broad SMARTS) is 1. The predicted octanol–water partition coefficient (Wildman–Crippen LogP) is 4.80. The van der Waals surface area contributed by atoms with Crippen LogP contribution in [0.3, 0.4) is 0 Å². The third-order valence-corrected chi connectivity index (χ3v) is 7.54. The fourth-order valence-corrected chi connectivity index (χ4v) is 5.61. The zero-order valence-corrected chi connectivity index (χ0v) is 20.4. The predicted molar refractivity (Wildman–Crippen MR) is 133 cm³/mol. The van der Waals surface area contributed by atoms with Gasteiger partial charge in [0.1, 0.15) is 12.6 Å². The molecule has 0 aliphatic heterocycles. The van der Waals surface area contributed by atoms with E-state index >= 15 is 0 Å². The number of aliphatic carboxylic acids is 1. The molecule has 4 rings (SSSR count). The SMILES string of the molecule is CCC(C(=O)O)N(C)C(=O)CC(NC(=O)OCC1c2ccccc2-c2ccccc21)C1CCCC1. The summed E-state index contributed by atoms with van der Waals surface area (Å²) in [5.41, 5.74) is 4.62. The summed E-state index contributed by atoms with van der Waals surface area (Å²) in [5, 5.41) is 12.4. The Balaban J connectivity index is 1.42. The Morgan fingerprint density at radius 2 is 1.60 bits per heavy atom. The molecule has 0 aromatic heterocycles. The number of hydrogen-bond acceptors (Lipinski definition) is 4. The molecule has 1 fully saturated rings. The highest BCUT2D eigenvalue weighted by Crippen LogP contribution is 2.44. The second-order valence-corrected chi connectivity index (χ2v) is 9.59. The molecule has 2 unspecified atom stereocenters. The average molecular weight is 479 g/mol. The molecule has 2 aromatic carbocycles.